The Morgan fingerprint density at radius 3 is 1.80 bits per heavy atom. The van der Waals surface area contributed by atoms with Gasteiger partial charge in [-0.15, -0.1) is 12.4 Å². The van der Waals surface area contributed by atoms with Crippen LogP contribution >= 0.6 is 12.4 Å². The average molecular weight is 232 g/mol. The summed E-state index contributed by atoms with van der Waals surface area (Å²) in [4.78, 5) is 0. The van der Waals surface area contributed by atoms with Crippen molar-refractivity contribution in [2.75, 3.05) is 6.54 Å². The Labute approximate surface area is 101 Å². The first-order chi connectivity index (χ1) is 6.33. The Kier molecular flexibility index (Phi) is 3.48. The van der Waals surface area contributed by atoms with Gasteiger partial charge in [0.15, 0.2) is 0 Å². The second kappa shape index (κ2) is 3.92. The molecule has 2 fully saturated rings. The highest BCUT2D eigenvalue weighted by Crippen LogP contribution is 2.52. The maximum atomic E-state index is 3.78. The van der Waals surface area contributed by atoms with Crippen LogP contribution in [-0.2, 0) is 0 Å². The minimum atomic E-state index is 0. The lowest BCUT2D eigenvalue weighted by Crippen LogP contribution is -2.51. The van der Waals surface area contributed by atoms with Crippen LogP contribution in [0.15, 0.2) is 0 Å². The lowest BCUT2D eigenvalue weighted by Gasteiger charge is -2.51. The van der Waals surface area contributed by atoms with Gasteiger partial charge in [0, 0.05) is 5.54 Å². The van der Waals surface area contributed by atoms with Crippen molar-refractivity contribution in [3.05, 3.63) is 0 Å². The van der Waals surface area contributed by atoms with E-state index < -0.39 is 0 Å². The molecule has 2 heteroatoms. The number of halogens is 1. The van der Waals surface area contributed by atoms with E-state index in [1.165, 1.54) is 38.6 Å². The van der Waals surface area contributed by atoms with E-state index in [1.807, 2.05) is 0 Å². The molecule has 0 aromatic heterocycles. The van der Waals surface area contributed by atoms with Crippen molar-refractivity contribution in [2.45, 2.75) is 65.3 Å². The topological polar surface area (TPSA) is 12.0 Å². The smallest absolute Gasteiger partial charge is 0.0192 e. The van der Waals surface area contributed by atoms with Crippen molar-refractivity contribution in [1.82, 2.24) is 5.32 Å². The summed E-state index contributed by atoms with van der Waals surface area (Å²) < 4.78 is 0. The molecule has 1 N–H and O–H groups in total. The van der Waals surface area contributed by atoms with Crippen LogP contribution in [0.5, 0.6) is 0 Å². The SMILES string of the molecule is CC1(C)CC(C)(C)CC2(CCCN2)C1.Cl. The Hall–Kier alpha value is 0.250. The molecule has 0 bridgehead atoms. The number of rotatable bonds is 0. The molecule has 1 nitrogen and oxygen atoms in total. The molecule has 2 rings (SSSR count). The molecule has 0 aromatic rings. The van der Waals surface area contributed by atoms with Gasteiger partial charge in [-0.05, 0) is 49.5 Å². The third-order valence-corrected chi connectivity index (χ3v) is 3.92. The van der Waals surface area contributed by atoms with E-state index in [0.29, 0.717) is 16.4 Å². The van der Waals surface area contributed by atoms with Gasteiger partial charge in [-0.3, -0.25) is 0 Å². The molecule has 0 unspecified atom stereocenters. The van der Waals surface area contributed by atoms with Crippen molar-refractivity contribution < 1.29 is 0 Å². The molecular formula is C13H26ClN. The lowest BCUT2D eigenvalue weighted by atomic mass is 9.58. The van der Waals surface area contributed by atoms with E-state index in [2.05, 4.69) is 33.0 Å². The van der Waals surface area contributed by atoms with Crippen molar-refractivity contribution >= 4 is 12.4 Å². The second-order valence-electron chi connectivity index (χ2n) is 7.17. The van der Waals surface area contributed by atoms with Gasteiger partial charge in [0.25, 0.3) is 0 Å². The highest BCUT2D eigenvalue weighted by molar-refractivity contribution is 5.85. The molecule has 0 aromatic carbocycles. The van der Waals surface area contributed by atoms with Crippen LogP contribution in [0.2, 0.25) is 0 Å². The summed E-state index contributed by atoms with van der Waals surface area (Å²) in [6.07, 6.45) is 6.92. The van der Waals surface area contributed by atoms with Gasteiger partial charge in [-0.25, -0.2) is 0 Å². The number of hydrogen-bond donors (Lipinski definition) is 1. The van der Waals surface area contributed by atoms with Crippen LogP contribution in [0.1, 0.15) is 59.8 Å². The molecule has 1 saturated heterocycles. The molecule has 0 radical (unpaired) electrons. The summed E-state index contributed by atoms with van der Waals surface area (Å²) in [6, 6.07) is 0. The van der Waals surface area contributed by atoms with E-state index in [1.54, 1.807) is 0 Å². The summed E-state index contributed by atoms with van der Waals surface area (Å²) in [7, 11) is 0. The highest BCUT2D eigenvalue weighted by atomic mass is 35.5. The third-order valence-electron chi connectivity index (χ3n) is 3.92. The van der Waals surface area contributed by atoms with Crippen molar-refractivity contribution in [3.8, 4) is 0 Å². The zero-order chi connectivity index (χ0) is 10.4. The maximum absolute atomic E-state index is 3.78. The third kappa shape index (κ3) is 2.88. The van der Waals surface area contributed by atoms with E-state index in [-0.39, 0.29) is 12.4 Å². The van der Waals surface area contributed by atoms with Gasteiger partial charge < -0.3 is 5.32 Å². The molecule has 90 valence electrons. The summed E-state index contributed by atoms with van der Waals surface area (Å²) >= 11 is 0. The van der Waals surface area contributed by atoms with Crippen LogP contribution in [0, 0.1) is 10.8 Å². The Morgan fingerprint density at radius 1 is 0.867 bits per heavy atom. The van der Waals surface area contributed by atoms with Crippen LogP contribution < -0.4 is 5.32 Å². The predicted molar refractivity (Wildman–Crippen MR) is 68.6 cm³/mol. The first kappa shape index (κ1) is 13.3. The molecule has 1 heterocycles. The fraction of sp³-hybridized carbons (Fsp3) is 1.00. The molecule has 1 aliphatic heterocycles. The van der Waals surface area contributed by atoms with Crippen molar-refractivity contribution in [1.29, 1.82) is 0 Å². The Balaban J connectivity index is 0.00000112. The van der Waals surface area contributed by atoms with Crippen LogP contribution in [-0.4, -0.2) is 12.1 Å². The molecule has 2 aliphatic rings. The lowest BCUT2D eigenvalue weighted by molar-refractivity contribution is 0.0383. The first-order valence-electron chi connectivity index (χ1n) is 6.08. The fourth-order valence-electron chi connectivity index (χ4n) is 4.49. The minimum absolute atomic E-state index is 0. The molecule has 0 amide bonds. The van der Waals surface area contributed by atoms with E-state index in [0.717, 1.165) is 0 Å². The standard InChI is InChI=1S/C13H25N.ClH/c1-11(2)8-12(3,4)10-13(9-11)6-5-7-14-13;/h14H,5-10H2,1-4H3;1H. The summed E-state index contributed by atoms with van der Waals surface area (Å²) in [5, 5.41) is 3.78. The van der Waals surface area contributed by atoms with Crippen LogP contribution in [0.4, 0.5) is 0 Å². The van der Waals surface area contributed by atoms with Gasteiger partial charge in [-0.2, -0.15) is 0 Å². The maximum Gasteiger partial charge on any atom is 0.0192 e. The highest BCUT2D eigenvalue weighted by Gasteiger charge is 2.48. The quantitative estimate of drug-likeness (QED) is 0.670. The van der Waals surface area contributed by atoms with E-state index in [4.69, 9.17) is 0 Å². The largest absolute Gasteiger partial charge is 0.311 e. The normalized spacial score (nSPS) is 31.2. The van der Waals surface area contributed by atoms with Crippen molar-refractivity contribution in [2.24, 2.45) is 10.8 Å². The van der Waals surface area contributed by atoms with Gasteiger partial charge in [0.2, 0.25) is 0 Å². The molecular weight excluding hydrogens is 206 g/mol. The van der Waals surface area contributed by atoms with Crippen LogP contribution in [0.25, 0.3) is 0 Å². The monoisotopic (exact) mass is 231 g/mol. The Morgan fingerprint density at radius 2 is 1.40 bits per heavy atom. The van der Waals surface area contributed by atoms with Gasteiger partial charge in [0.1, 0.15) is 0 Å². The molecule has 1 saturated carbocycles. The molecule has 1 aliphatic carbocycles. The summed E-state index contributed by atoms with van der Waals surface area (Å²) in [5.74, 6) is 0. The zero-order valence-corrected chi connectivity index (χ0v) is 11.5. The van der Waals surface area contributed by atoms with Gasteiger partial charge in [0.05, 0.1) is 0 Å². The first-order valence-corrected chi connectivity index (χ1v) is 6.08. The average Bonchev–Trinajstić information content (AvgIpc) is 2.27. The zero-order valence-electron chi connectivity index (χ0n) is 10.7. The summed E-state index contributed by atoms with van der Waals surface area (Å²) in [5.41, 5.74) is 1.55. The van der Waals surface area contributed by atoms with Gasteiger partial charge in [-0.1, -0.05) is 27.7 Å². The van der Waals surface area contributed by atoms with E-state index >= 15 is 0 Å². The summed E-state index contributed by atoms with van der Waals surface area (Å²) in [6.45, 7) is 11.0. The number of nitrogens with one attached hydrogen (secondary N) is 1. The molecule has 0 atom stereocenters. The van der Waals surface area contributed by atoms with Gasteiger partial charge >= 0.3 is 0 Å². The van der Waals surface area contributed by atoms with Crippen molar-refractivity contribution in [3.63, 3.8) is 0 Å². The molecule has 15 heavy (non-hydrogen) atoms. The minimum Gasteiger partial charge on any atom is -0.311 e. The predicted octanol–water partition coefficient (Wildman–Crippen LogP) is 3.77. The number of hydrogen-bond acceptors (Lipinski definition) is 1. The van der Waals surface area contributed by atoms with E-state index in [9.17, 15) is 0 Å². The molecule has 1 spiro atoms. The van der Waals surface area contributed by atoms with Crippen LogP contribution in [0.3, 0.4) is 0 Å². The Bertz CT molecular complexity index is 209. The fourth-order valence-corrected chi connectivity index (χ4v) is 4.49. The second-order valence-corrected chi connectivity index (χ2v) is 7.17.